The minimum Gasteiger partial charge on any atom is -0.497 e. The molecule has 0 saturated heterocycles. The summed E-state index contributed by atoms with van der Waals surface area (Å²) in [6.45, 7) is 2.01. The molecule has 0 amide bonds. The Labute approximate surface area is 172 Å². The summed E-state index contributed by atoms with van der Waals surface area (Å²) in [4.78, 5) is 0. The van der Waals surface area contributed by atoms with Crippen LogP contribution in [0.1, 0.15) is 16.7 Å². The van der Waals surface area contributed by atoms with Gasteiger partial charge in [-0.05, 0) is 48.9 Å². The third kappa shape index (κ3) is 3.23. The fraction of sp³-hybridized carbons (Fsp3) is 0.0833. The Morgan fingerprint density at radius 2 is 2.00 bits per heavy atom. The van der Waals surface area contributed by atoms with Crippen LogP contribution in [-0.2, 0) is 0 Å². The normalized spacial score (nSPS) is 10.7. The number of nitrogens with one attached hydrogen (secondary N) is 2. The number of benzene rings is 3. The number of fused-ring (bicyclic) bond motifs is 2. The maximum Gasteiger partial charge on any atom is 0.184 e. The van der Waals surface area contributed by atoms with E-state index in [0.29, 0.717) is 11.4 Å². The third-order valence-corrected chi connectivity index (χ3v) is 4.95. The standard InChI is InChI=1S/C24H18N4O2/c1-15-6-9-21-23(30-28-24(21)26-18-4-3-5-19(13-18)29-2)20(15)10-7-16-8-11-22-17(12-16)14-25-27-22/h3-6,8-9,11-14H,1-2H3,(H,25,27)(H,26,28). The first-order valence-corrected chi connectivity index (χ1v) is 9.46. The SMILES string of the molecule is COc1cccc(Nc2noc3c(C#Cc4ccc5[nH]ncc5c4)c(C)ccc23)c1. The summed E-state index contributed by atoms with van der Waals surface area (Å²) in [7, 11) is 1.64. The first-order chi connectivity index (χ1) is 14.7. The molecule has 6 heteroatoms. The second-order valence-corrected chi connectivity index (χ2v) is 6.94. The van der Waals surface area contributed by atoms with Gasteiger partial charge in [-0.2, -0.15) is 5.10 Å². The van der Waals surface area contributed by atoms with Crippen molar-refractivity contribution in [2.24, 2.45) is 0 Å². The van der Waals surface area contributed by atoms with Crippen LogP contribution < -0.4 is 10.1 Å². The van der Waals surface area contributed by atoms with Crippen LogP contribution in [0.5, 0.6) is 5.75 Å². The van der Waals surface area contributed by atoms with Crippen LogP contribution in [0.2, 0.25) is 0 Å². The molecule has 2 heterocycles. The number of nitrogens with zero attached hydrogens (tertiary/aromatic N) is 2. The number of aromatic nitrogens is 3. The van der Waals surface area contributed by atoms with E-state index in [9.17, 15) is 0 Å². The van der Waals surface area contributed by atoms with Crippen LogP contribution in [0.3, 0.4) is 0 Å². The van der Waals surface area contributed by atoms with Crippen LogP contribution in [0.4, 0.5) is 11.5 Å². The fourth-order valence-corrected chi connectivity index (χ4v) is 3.34. The second kappa shape index (κ2) is 7.30. The minimum absolute atomic E-state index is 0.640. The number of anilines is 2. The summed E-state index contributed by atoms with van der Waals surface area (Å²) in [6, 6.07) is 17.6. The Morgan fingerprint density at radius 1 is 1.07 bits per heavy atom. The molecule has 6 nitrogen and oxygen atoms in total. The molecule has 0 saturated carbocycles. The van der Waals surface area contributed by atoms with Gasteiger partial charge < -0.3 is 14.6 Å². The number of hydrogen-bond donors (Lipinski definition) is 2. The summed E-state index contributed by atoms with van der Waals surface area (Å²) in [5, 5.41) is 16.4. The van der Waals surface area contributed by atoms with Crippen LogP contribution >= 0.6 is 0 Å². The zero-order valence-corrected chi connectivity index (χ0v) is 16.5. The minimum atomic E-state index is 0.640. The molecule has 0 bridgehead atoms. The lowest BCUT2D eigenvalue weighted by Gasteiger charge is -2.05. The van der Waals surface area contributed by atoms with Gasteiger partial charge in [0.25, 0.3) is 0 Å². The largest absolute Gasteiger partial charge is 0.497 e. The topological polar surface area (TPSA) is 76.0 Å². The molecule has 0 aliphatic heterocycles. The molecule has 2 aromatic heterocycles. The van der Waals surface area contributed by atoms with Gasteiger partial charge in [-0.15, -0.1) is 0 Å². The molecule has 0 spiro atoms. The fourth-order valence-electron chi connectivity index (χ4n) is 3.34. The maximum atomic E-state index is 5.67. The van der Waals surface area contributed by atoms with Gasteiger partial charge in [-0.3, -0.25) is 5.10 Å². The number of H-pyrrole nitrogens is 1. The van der Waals surface area contributed by atoms with E-state index in [2.05, 4.69) is 32.5 Å². The van der Waals surface area contributed by atoms with Gasteiger partial charge in [0, 0.05) is 22.7 Å². The van der Waals surface area contributed by atoms with Gasteiger partial charge >= 0.3 is 0 Å². The average molecular weight is 394 g/mol. The Hall–Kier alpha value is -4.24. The molecule has 0 unspecified atom stereocenters. The smallest absolute Gasteiger partial charge is 0.184 e. The van der Waals surface area contributed by atoms with Crippen molar-refractivity contribution in [1.29, 1.82) is 0 Å². The lowest BCUT2D eigenvalue weighted by molar-refractivity contribution is 0.415. The predicted octanol–water partition coefficient (Wildman–Crippen LogP) is 5.16. The Morgan fingerprint density at radius 3 is 2.90 bits per heavy atom. The highest BCUT2D eigenvalue weighted by Gasteiger charge is 2.13. The highest BCUT2D eigenvalue weighted by molar-refractivity contribution is 5.94. The van der Waals surface area contributed by atoms with Gasteiger partial charge in [0.2, 0.25) is 0 Å². The molecule has 5 aromatic rings. The van der Waals surface area contributed by atoms with Gasteiger partial charge in [0.05, 0.1) is 29.8 Å². The van der Waals surface area contributed by atoms with Crippen molar-refractivity contribution in [2.45, 2.75) is 6.92 Å². The maximum absolute atomic E-state index is 5.67. The highest BCUT2D eigenvalue weighted by atomic mass is 16.5. The first-order valence-electron chi connectivity index (χ1n) is 9.46. The van der Waals surface area contributed by atoms with Crippen molar-refractivity contribution >= 4 is 33.4 Å². The molecule has 2 N–H and O–H groups in total. The van der Waals surface area contributed by atoms with E-state index in [0.717, 1.165) is 44.4 Å². The molecule has 5 rings (SSSR count). The molecule has 0 atom stereocenters. The summed E-state index contributed by atoms with van der Waals surface area (Å²) in [5.74, 6) is 7.90. The Balaban J connectivity index is 1.52. The van der Waals surface area contributed by atoms with Crippen molar-refractivity contribution in [3.05, 3.63) is 77.5 Å². The van der Waals surface area contributed by atoms with Crippen molar-refractivity contribution in [1.82, 2.24) is 15.4 Å². The van der Waals surface area contributed by atoms with Crippen molar-refractivity contribution in [3.63, 3.8) is 0 Å². The summed E-state index contributed by atoms with van der Waals surface area (Å²) in [6.07, 6.45) is 1.79. The van der Waals surface area contributed by atoms with Gasteiger partial charge in [0.15, 0.2) is 11.4 Å². The van der Waals surface area contributed by atoms with Crippen LogP contribution in [0.25, 0.3) is 21.9 Å². The molecular weight excluding hydrogens is 376 g/mol. The predicted molar refractivity (Wildman–Crippen MR) is 117 cm³/mol. The number of rotatable bonds is 3. The lowest BCUT2D eigenvalue weighted by atomic mass is 10.0. The lowest BCUT2D eigenvalue weighted by Crippen LogP contribution is -1.92. The molecule has 0 fully saturated rings. The Bertz CT molecular complexity index is 1440. The zero-order valence-electron chi connectivity index (χ0n) is 16.5. The first kappa shape index (κ1) is 17.8. The van der Waals surface area contributed by atoms with Crippen molar-refractivity contribution in [2.75, 3.05) is 12.4 Å². The molecule has 146 valence electrons. The van der Waals surface area contributed by atoms with E-state index >= 15 is 0 Å². The number of ether oxygens (including phenoxy) is 1. The molecule has 0 radical (unpaired) electrons. The number of aromatic amines is 1. The Kier molecular flexibility index (Phi) is 4.34. The monoisotopic (exact) mass is 394 g/mol. The van der Waals surface area contributed by atoms with E-state index in [-0.39, 0.29) is 0 Å². The molecule has 3 aromatic carbocycles. The van der Waals surface area contributed by atoms with E-state index < -0.39 is 0 Å². The zero-order chi connectivity index (χ0) is 20.5. The van der Waals surface area contributed by atoms with Crippen molar-refractivity contribution in [3.8, 4) is 17.6 Å². The second-order valence-electron chi connectivity index (χ2n) is 6.94. The number of aryl methyl sites for hydroxylation is 1. The molecular formula is C24H18N4O2. The molecule has 0 aliphatic rings. The van der Waals surface area contributed by atoms with Gasteiger partial charge in [-0.1, -0.05) is 29.1 Å². The van der Waals surface area contributed by atoms with Gasteiger partial charge in [-0.25, -0.2) is 0 Å². The van der Waals surface area contributed by atoms with E-state index in [1.54, 1.807) is 13.3 Å². The van der Waals surface area contributed by atoms with Crippen molar-refractivity contribution < 1.29 is 9.26 Å². The summed E-state index contributed by atoms with van der Waals surface area (Å²) in [5.41, 5.74) is 5.29. The summed E-state index contributed by atoms with van der Waals surface area (Å²) >= 11 is 0. The third-order valence-electron chi connectivity index (χ3n) is 4.95. The van der Waals surface area contributed by atoms with Crippen LogP contribution in [-0.4, -0.2) is 22.5 Å². The van der Waals surface area contributed by atoms with E-state index in [1.165, 1.54) is 0 Å². The van der Waals surface area contributed by atoms with E-state index in [4.69, 9.17) is 9.26 Å². The van der Waals surface area contributed by atoms with Gasteiger partial charge in [0.1, 0.15) is 5.75 Å². The highest BCUT2D eigenvalue weighted by Crippen LogP contribution is 2.30. The molecule has 30 heavy (non-hydrogen) atoms. The summed E-state index contributed by atoms with van der Waals surface area (Å²) < 4.78 is 11.0. The van der Waals surface area contributed by atoms with E-state index in [1.807, 2.05) is 61.5 Å². The molecule has 0 aliphatic carbocycles. The van der Waals surface area contributed by atoms with Crippen LogP contribution in [0, 0.1) is 18.8 Å². The number of hydrogen-bond acceptors (Lipinski definition) is 5. The number of methoxy groups -OCH3 is 1. The van der Waals surface area contributed by atoms with Crippen LogP contribution in [0.15, 0.2) is 65.3 Å². The average Bonchev–Trinajstić information content (AvgIpc) is 3.40. The quantitative estimate of drug-likeness (QED) is 0.413.